The normalized spacial score (nSPS) is 35.6. The number of halogens is 2. The summed E-state index contributed by atoms with van der Waals surface area (Å²) < 4.78 is 32.5. The van der Waals surface area contributed by atoms with Crippen LogP contribution in [0.4, 0.5) is 8.78 Å². The van der Waals surface area contributed by atoms with E-state index in [1.807, 2.05) is 4.98 Å². The number of aromatic amines is 1. The third-order valence-electron chi connectivity index (χ3n) is 3.13. The van der Waals surface area contributed by atoms with Crippen molar-refractivity contribution < 1.29 is 28.8 Å². The maximum absolute atomic E-state index is 14.2. The lowest BCUT2D eigenvalue weighted by Gasteiger charge is -2.26. The number of hydrogen-bond donors (Lipinski definition) is 4. The van der Waals surface area contributed by atoms with Gasteiger partial charge >= 0.3 is 0 Å². The van der Waals surface area contributed by atoms with Gasteiger partial charge in [-0.05, 0) is 12.2 Å². The second-order valence-corrected chi connectivity index (χ2v) is 4.82. The van der Waals surface area contributed by atoms with Crippen LogP contribution in [0, 0.1) is 22.9 Å². The van der Waals surface area contributed by atoms with Crippen LogP contribution in [0.15, 0.2) is 11.0 Å². The van der Waals surface area contributed by atoms with Gasteiger partial charge in [0.15, 0.2) is 17.1 Å². The van der Waals surface area contributed by atoms with Crippen molar-refractivity contribution in [1.82, 2.24) is 9.55 Å². The van der Waals surface area contributed by atoms with E-state index in [-0.39, 0.29) is 0 Å². The van der Waals surface area contributed by atoms with Crippen molar-refractivity contribution in [1.29, 1.82) is 0 Å². The van der Waals surface area contributed by atoms with Gasteiger partial charge in [0.25, 0.3) is 11.4 Å². The Labute approximate surface area is 121 Å². The Morgan fingerprint density at radius 2 is 2.29 bits per heavy atom. The highest BCUT2D eigenvalue weighted by molar-refractivity contribution is 7.71. The number of terminal acetylenes is 1. The van der Waals surface area contributed by atoms with E-state index in [9.17, 15) is 23.8 Å². The summed E-state index contributed by atoms with van der Waals surface area (Å²) in [6.07, 6.45) is 1.45. The minimum atomic E-state index is -3.08. The van der Waals surface area contributed by atoms with E-state index < -0.39 is 46.5 Å². The van der Waals surface area contributed by atoms with Gasteiger partial charge in [0.1, 0.15) is 6.61 Å². The molecule has 10 heteroatoms. The molecule has 7 nitrogen and oxygen atoms in total. The number of rotatable bonds is 2. The zero-order chi connectivity index (χ0) is 16.0. The number of nitrogens with zero attached hydrogens (tertiary/aromatic N) is 1. The third-order valence-corrected chi connectivity index (χ3v) is 3.45. The first-order valence-corrected chi connectivity index (χ1v) is 5.97. The highest BCUT2D eigenvalue weighted by Gasteiger charge is 2.64. The second kappa shape index (κ2) is 4.97. The maximum atomic E-state index is 14.2. The summed E-state index contributed by atoms with van der Waals surface area (Å²) in [6.45, 7) is -1.31. The fourth-order valence-electron chi connectivity index (χ4n) is 1.98. The van der Waals surface area contributed by atoms with Gasteiger partial charge in [0.2, 0.25) is 11.4 Å². The summed E-state index contributed by atoms with van der Waals surface area (Å²) in [5, 5.41) is 28.9. The van der Waals surface area contributed by atoms with Crippen LogP contribution in [0.2, 0.25) is 0 Å². The number of alkyl halides is 1. The van der Waals surface area contributed by atoms with E-state index in [0.717, 1.165) is 0 Å². The third kappa shape index (κ3) is 2.19. The van der Waals surface area contributed by atoms with Crippen molar-refractivity contribution >= 4 is 12.2 Å². The Hall–Kier alpha value is -1.64. The number of aromatic nitrogens is 2. The van der Waals surface area contributed by atoms with Crippen LogP contribution in [0.5, 0.6) is 0 Å². The summed E-state index contributed by atoms with van der Waals surface area (Å²) in [4.78, 5) is 13.0. The largest absolute Gasteiger partial charge is 0.390 e. The molecule has 0 radical (unpaired) electrons. The Morgan fingerprint density at radius 1 is 1.67 bits per heavy atom. The molecule has 1 aromatic heterocycles. The van der Waals surface area contributed by atoms with Gasteiger partial charge < -0.3 is 20.1 Å². The van der Waals surface area contributed by atoms with Crippen LogP contribution >= 0.6 is 12.2 Å². The lowest BCUT2D eigenvalue weighted by molar-refractivity contribution is -0.207. The van der Waals surface area contributed by atoms with E-state index in [2.05, 4.69) is 0 Å². The van der Waals surface area contributed by atoms with Gasteiger partial charge in [-0.15, -0.1) is 6.42 Å². The van der Waals surface area contributed by atoms with Crippen molar-refractivity contribution in [3.63, 3.8) is 0 Å². The SMILES string of the molecule is C#CC1(O)C(n2cc(F)c(=O)[nH]c2=S)OC(F)(CO)C1O. The first-order valence-electron chi connectivity index (χ1n) is 5.56. The van der Waals surface area contributed by atoms with Crippen LogP contribution in [-0.4, -0.2) is 49.0 Å². The molecule has 0 bridgehead atoms. The highest BCUT2D eigenvalue weighted by atomic mass is 32.1. The number of aliphatic hydroxyl groups is 3. The van der Waals surface area contributed by atoms with E-state index in [4.69, 9.17) is 28.5 Å². The fraction of sp³-hybridized carbons (Fsp3) is 0.455. The first kappa shape index (κ1) is 15.7. The number of nitrogens with one attached hydrogen (secondary N) is 1. The van der Waals surface area contributed by atoms with Crippen LogP contribution < -0.4 is 5.56 Å². The summed E-state index contributed by atoms with van der Waals surface area (Å²) in [5.41, 5.74) is -3.77. The predicted octanol–water partition coefficient (Wildman–Crippen LogP) is -1.04. The first-order chi connectivity index (χ1) is 9.69. The van der Waals surface area contributed by atoms with Crippen molar-refractivity contribution in [2.75, 3.05) is 6.61 Å². The van der Waals surface area contributed by atoms with Gasteiger partial charge in [0, 0.05) is 0 Å². The molecule has 4 N–H and O–H groups in total. The minimum absolute atomic E-state index is 0.422. The maximum Gasteiger partial charge on any atom is 0.287 e. The topological polar surface area (TPSA) is 108 Å². The molecule has 21 heavy (non-hydrogen) atoms. The van der Waals surface area contributed by atoms with Crippen molar-refractivity contribution in [3.8, 4) is 12.3 Å². The molecule has 2 heterocycles. The smallest absolute Gasteiger partial charge is 0.287 e. The Balaban J connectivity index is 2.64. The fourth-order valence-corrected chi connectivity index (χ4v) is 2.22. The second-order valence-electron chi connectivity index (χ2n) is 4.43. The van der Waals surface area contributed by atoms with Crippen LogP contribution in [0.3, 0.4) is 0 Å². The van der Waals surface area contributed by atoms with Crippen LogP contribution in [0.1, 0.15) is 6.23 Å². The summed E-state index contributed by atoms with van der Waals surface area (Å²) >= 11 is 4.75. The molecule has 114 valence electrons. The molecular formula is C11H10F2N2O5S. The number of H-pyrrole nitrogens is 1. The molecule has 1 fully saturated rings. The summed E-state index contributed by atoms with van der Waals surface area (Å²) in [6, 6.07) is 0. The van der Waals surface area contributed by atoms with Gasteiger partial charge in [-0.25, -0.2) is 4.39 Å². The number of hydrogen-bond acceptors (Lipinski definition) is 6. The lowest BCUT2D eigenvalue weighted by atomic mass is 9.94. The molecule has 1 aliphatic rings. The van der Waals surface area contributed by atoms with E-state index >= 15 is 0 Å². The van der Waals surface area contributed by atoms with E-state index in [1.54, 1.807) is 5.92 Å². The van der Waals surface area contributed by atoms with Gasteiger partial charge in [-0.1, -0.05) is 5.92 Å². The molecule has 4 unspecified atom stereocenters. The van der Waals surface area contributed by atoms with Crippen LogP contribution in [0.25, 0.3) is 0 Å². The van der Waals surface area contributed by atoms with Crippen molar-refractivity contribution in [2.24, 2.45) is 0 Å². The standard InChI is InChI=1S/C11H10F2N2O5S/c1-2-10(19)7(18)11(13,4-16)20-8(10)15-3-5(12)6(17)14-9(15)21/h1,3,7-8,16,18-19H,4H2,(H,14,17,21). The summed E-state index contributed by atoms with van der Waals surface area (Å²) in [5.74, 6) is -2.63. The Morgan fingerprint density at radius 3 is 2.81 bits per heavy atom. The molecule has 0 spiro atoms. The quantitative estimate of drug-likeness (QED) is 0.409. The Kier molecular flexibility index (Phi) is 3.73. The average Bonchev–Trinajstić information content (AvgIpc) is 2.66. The molecule has 1 aliphatic heterocycles. The van der Waals surface area contributed by atoms with Crippen molar-refractivity contribution in [3.05, 3.63) is 27.1 Å². The molecule has 0 aromatic carbocycles. The van der Waals surface area contributed by atoms with E-state index in [1.165, 1.54) is 0 Å². The van der Waals surface area contributed by atoms with E-state index in [0.29, 0.717) is 10.8 Å². The van der Waals surface area contributed by atoms with Gasteiger partial charge in [0.05, 0.1) is 6.20 Å². The molecule has 2 rings (SSSR count). The zero-order valence-electron chi connectivity index (χ0n) is 10.3. The lowest BCUT2D eigenvalue weighted by Crippen LogP contribution is -2.50. The predicted molar refractivity (Wildman–Crippen MR) is 66.7 cm³/mol. The monoisotopic (exact) mass is 320 g/mol. The molecular weight excluding hydrogens is 310 g/mol. The average molecular weight is 320 g/mol. The zero-order valence-corrected chi connectivity index (χ0v) is 11.1. The molecule has 4 atom stereocenters. The Bertz CT molecular complexity index is 729. The number of ether oxygens (including phenoxy) is 1. The number of aliphatic hydroxyl groups excluding tert-OH is 2. The molecule has 0 saturated carbocycles. The molecule has 0 amide bonds. The van der Waals surface area contributed by atoms with Gasteiger partial charge in [-0.2, -0.15) is 4.39 Å². The minimum Gasteiger partial charge on any atom is -0.390 e. The molecule has 1 aromatic rings. The molecule has 1 saturated heterocycles. The summed E-state index contributed by atoms with van der Waals surface area (Å²) in [7, 11) is 0. The van der Waals surface area contributed by atoms with Gasteiger partial charge in [-0.3, -0.25) is 14.3 Å². The van der Waals surface area contributed by atoms with Crippen molar-refractivity contribution in [2.45, 2.75) is 23.8 Å². The van der Waals surface area contributed by atoms with Crippen LogP contribution in [-0.2, 0) is 4.74 Å². The highest BCUT2D eigenvalue weighted by Crippen LogP contribution is 2.44. The molecule has 0 aliphatic carbocycles.